The Morgan fingerprint density at radius 3 is 2.72 bits per heavy atom. The summed E-state index contributed by atoms with van der Waals surface area (Å²) in [7, 11) is 1.59. The average molecular weight is 346 g/mol. The van der Waals surface area contributed by atoms with E-state index in [-0.39, 0.29) is 36.1 Å². The molecule has 25 heavy (non-hydrogen) atoms. The second-order valence-corrected chi connectivity index (χ2v) is 8.29. The van der Waals surface area contributed by atoms with Gasteiger partial charge in [0, 0.05) is 24.2 Å². The Labute approximate surface area is 150 Å². The molecule has 0 spiro atoms. The van der Waals surface area contributed by atoms with Crippen molar-refractivity contribution in [2.45, 2.75) is 51.7 Å². The van der Waals surface area contributed by atoms with Crippen LogP contribution in [0.5, 0.6) is 0 Å². The van der Waals surface area contributed by atoms with E-state index < -0.39 is 11.7 Å². The molecule has 1 saturated carbocycles. The van der Waals surface area contributed by atoms with Crippen LogP contribution in [0.4, 0.5) is 0 Å². The Hall–Kier alpha value is -1.23. The number of aliphatic hydroxyl groups excluding tert-OH is 1. The molecule has 0 aliphatic heterocycles. The van der Waals surface area contributed by atoms with Crippen LogP contribution in [0.1, 0.15) is 40.0 Å². The Balaban J connectivity index is 2.16. The van der Waals surface area contributed by atoms with Crippen LogP contribution in [0.25, 0.3) is 0 Å². The first kappa shape index (κ1) is 18.6. The van der Waals surface area contributed by atoms with Gasteiger partial charge in [-0.25, -0.2) is 0 Å². The van der Waals surface area contributed by atoms with Crippen molar-refractivity contribution in [3.05, 3.63) is 34.9 Å². The van der Waals surface area contributed by atoms with E-state index in [1.165, 1.54) is 0 Å². The number of methoxy groups -OCH3 is 1. The van der Waals surface area contributed by atoms with Crippen LogP contribution < -0.4 is 0 Å². The summed E-state index contributed by atoms with van der Waals surface area (Å²) in [6, 6.07) is 0. The van der Waals surface area contributed by atoms with Gasteiger partial charge in [-0.3, -0.25) is 4.79 Å². The summed E-state index contributed by atoms with van der Waals surface area (Å²) in [5.74, 6) is 0.0527. The van der Waals surface area contributed by atoms with Gasteiger partial charge in [0.15, 0.2) is 5.78 Å². The minimum Gasteiger partial charge on any atom is -0.392 e. The maximum absolute atomic E-state index is 12.7. The van der Waals surface area contributed by atoms with Gasteiger partial charge in [0.05, 0.1) is 12.7 Å². The van der Waals surface area contributed by atoms with Gasteiger partial charge in [-0.2, -0.15) is 0 Å². The van der Waals surface area contributed by atoms with E-state index in [4.69, 9.17) is 4.74 Å². The highest BCUT2D eigenvalue weighted by Gasteiger charge is 2.49. The molecule has 0 aromatic carbocycles. The largest absolute Gasteiger partial charge is 0.392 e. The minimum absolute atomic E-state index is 0.0124. The maximum Gasteiger partial charge on any atom is 0.185 e. The number of carbonyl (C=O) groups excluding carboxylic acids is 1. The molecule has 0 bridgehead atoms. The van der Waals surface area contributed by atoms with Gasteiger partial charge >= 0.3 is 0 Å². The number of aliphatic hydroxyl groups is 2. The Kier molecular flexibility index (Phi) is 4.82. The number of hydrogen-bond donors (Lipinski definition) is 2. The van der Waals surface area contributed by atoms with Crippen LogP contribution >= 0.6 is 0 Å². The second kappa shape index (κ2) is 6.49. The lowest BCUT2D eigenvalue weighted by atomic mass is 9.74. The Morgan fingerprint density at radius 1 is 1.44 bits per heavy atom. The molecule has 4 nitrogen and oxygen atoms in total. The normalized spacial score (nSPS) is 40.7. The first-order chi connectivity index (χ1) is 11.7. The lowest BCUT2D eigenvalue weighted by Gasteiger charge is -2.34. The van der Waals surface area contributed by atoms with Crippen molar-refractivity contribution in [1.82, 2.24) is 0 Å². The standard InChI is InChI=1S/C21H30O4/c1-11(2)19-16-9-18(22)12(3)14-6-7-21(24,10-25-5)17(14)8-15(16)13(4)20(19)23/h8,11-12,14-15,18,22,24H,4,6-7,9-10H2,1-3,5H3/b17-8+/t12-,14+,15?,18+,21+/m1/s1. The van der Waals surface area contributed by atoms with Crippen LogP contribution in [0.3, 0.4) is 0 Å². The molecular formula is C21H30O4. The highest BCUT2D eigenvalue weighted by molar-refractivity contribution is 6.12. The summed E-state index contributed by atoms with van der Waals surface area (Å²) >= 11 is 0. The summed E-state index contributed by atoms with van der Waals surface area (Å²) in [6.07, 6.45) is 3.49. The van der Waals surface area contributed by atoms with Crippen LogP contribution in [-0.2, 0) is 9.53 Å². The maximum atomic E-state index is 12.7. The van der Waals surface area contributed by atoms with Crippen molar-refractivity contribution in [2.75, 3.05) is 13.7 Å². The van der Waals surface area contributed by atoms with Gasteiger partial charge < -0.3 is 14.9 Å². The SMILES string of the molecule is C=C1C(=O)C(C(C)C)=C2C[C@H](O)[C@H](C)[C@@H]3CC[C@](O)(COC)/C3=C/C12. The van der Waals surface area contributed by atoms with Crippen LogP contribution in [0, 0.1) is 23.7 Å². The zero-order valence-electron chi connectivity index (χ0n) is 15.7. The predicted molar refractivity (Wildman–Crippen MR) is 96.9 cm³/mol. The van der Waals surface area contributed by atoms with Crippen molar-refractivity contribution < 1.29 is 19.7 Å². The molecule has 138 valence electrons. The lowest BCUT2D eigenvalue weighted by Crippen LogP contribution is -2.37. The zero-order valence-corrected chi connectivity index (χ0v) is 15.7. The number of hydrogen-bond acceptors (Lipinski definition) is 4. The Morgan fingerprint density at radius 2 is 2.12 bits per heavy atom. The molecule has 3 rings (SSSR count). The van der Waals surface area contributed by atoms with Crippen LogP contribution in [0.15, 0.2) is 34.9 Å². The summed E-state index contributed by atoms with van der Waals surface area (Å²) in [5, 5.41) is 22.0. The first-order valence-electron chi connectivity index (χ1n) is 9.29. The number of ketones is 1. The second-order valence-electron chi connectivity index (χ2n) is 8.29. The number of allylic oxidation sites excluding steroid dienone is 3. The number of carbonyl (C=O) groups is 1. The summed E-state index contributed by atoms with van der Waals surface area (Å²) < 4.78 is 5.28. The molecule has 0 heterocycles. The number of Topliss-reactive ketones (excluding diaryl/α,β-unsaturated/α-hetero) is 1. The van der Waals surface area contributed by atoms with Crippen molar-refractivity contribution >= 4 is 5.78 Å². The third-order valence-electron chi connectivity index (χ3n) is 6.42. The molecule has 0 amide bonds. The molecule has 0 saturated heterocycles. The minimum atomic E-state index is -1.01. The molecule has 3 aliphatic rings. The third-order valence-corrected chi connectivity index (χ3v) is 6.42. The molecule has 0 aromatic heterocycles. The summed E-state index contributed by atoms with van der Waals surface area (Å²) in [6.45, 7) is 10.4. The topological polar surface area (TPSA) is 66.8 Å². The van der Waals surface area contributed by atoms with Crippen LogP contribution in [-0.4, -0.2) is 41.4 Å². The van der Waals surface area contributed by atoms with Gasteiger partial charge in [-0.1, -0.05) is 33.4 Å². The van der Waals surface area contributed by atoms with E-state index in [1.807, 2.05) is 20.8 Å². The fourth-order valence-corrected chi connectivity index (χ4v) is 5.03. The number of rotatable bonds is 3. The van der Waals surface area contributed by atoms with E-state index in [0.717, 1.165) is 23.1 Å². The molecule has 0 aromatic rings. The van der Waals surface area contributed by atoms with Crippen LogP contribution in [0.2, 0.25) is 0 Å². The smallest absolute Gasteiger partial charge is 0.185 e. The van der Waals surface area contributed by atoms with Gasteiger partial charge in [0.2, 0.25) is 0 Å². The number of ether oxygens (including phenoxy) is 1. The molecule has 2 N–H and O–H groups in total. The number of fused-ring (bicyclic) bond motifs is 2. The monoisotopic (exact) mass is 346 g/mol. The molecule has 1 fully saturated rings. The van der Waals surface area contributed by atoms with Crippen molar-refractivity contribution in [3.63, 3.8) is 0 Å². The molecular weight excluding hydrogens is 316 g/mol. The van der Waals surface area contributed by atoms with E-state index in [1.54, 1.807) is 7.11 Å². The average Bonchev–Trinajstić information content (AvgIpc) is 2.96. The molecule has 3 aliphatic carbocycles. The fourth-order valence-electron chi connectivity index (χ4n) is 5.03. The quantitative estimate of drug-likeness (QED) is 0.609. The van der Waals surface area contributed by atoms with Crippen molar-refractivity contribution in [1.29, 1.82) is 0 Å². The Bertz CT molecular complexity index is 657. The van der Waals surface area contributed by atoms with Gasteiger partial charge in [0.25, 0.3) is 0 Å². The van der Waals surface area contributed by atoms with E-state index >= 15 is 0 Å². The molecule has 0 radical (unpaired) electrons. The van der Waals surface area contributed by atoms with Crippen molar-refractivity contribution in [2.24, 2.45) is 23.7 Å². The summed E-state index contributed by atoms with van der Waals surface area (Å²) in [5.41, 5.74) is 2.26. The first-order valence-corrected chi connectivity index (χ1v) is 9.29. The molecule has 4 heteroatoms. The van der Waals surface area contributed by atoms with Gasteiger partial charge in [-0.05, 0) is 48.2 Å². The zero-order chi connectivity index (χ0) is 18.5. The highest BCUT2D eigenvalue weighted by Crippen LogP contribution is 2.51. The molecule has 1 unspecified atom stereocenters. The van der Waals surface area contributed by atoms with E-state index in [9.17, 15) is 15.0 Å². The lowest BCUT2D eigenvalue weighted by molar-refractivity contribution is -0.112. The van der Waals surface area contributed by atoms with Gasteiger partial charge in [-0.15, -0.1) is 0 Å². The van der Waals surface area contributed by atoms with E-state index in [0.29, 0.717) is 18.4 Å². The summed E-state index contributed by atoms with van der Waals surface area (Å²) in [4.78, 5) is 12.7. The fraction of sp³-hybridized carbons (Fsp3) is 0.667. The van der Waals surface area contributed by atoms with E-state index in [2.05, 4.69) is 12.7 Å². The van der Waals surface area contributed by atoms with Gasteiger partial charge in [0.1, 0.15) is 5.60 Å². The molecule has 5 atom stereocenters. The third kappa shape index (κ3) is 2.84. The highest BCUT2D eigenvalue weighted by atomic mass is 16.5. The van der Waals surface area contributed by atoms with Crippen molar-refractivity contribution in [3.8, 4) is 0 Å². The predicted octanol–water partition coefficient (Wildman–Crippen LogP) is 2.81.